The molecule has 0 aliphatic carbocycles. The largest absolute Gasteiger partial charge is 0.469 e. The average Bonchev–Trinajstić information content (AvgIpc) is 2.23. The molecule has 1 atom stereocenters. The first-order valence-corrected chi connectivity index (χ1v) is 5.76. The van der Waals surface area contributed by atoms with Crippen molar-refractivity contribution in [3.63, 3.8) is 0 Å². The van der Waals surface area contributed by atoms with E-state index in [0.29, 0.717) is 12.5 Å². The van der Waals surface area contributed by atoms with E-state index >= 15 is 0 Å². The number of carbonyl (C=O) groups is 1. The van der Waals surface area contributed by atoms with Crippen molar-refractivity contribution in [1.82, 2.24) is 5.32 Å². The van der Waals surface area contributed by atoms with Gasteiger partial charge in [-0.15, -0.1) is 0 Å². The second kappa shape index (κ2) is 7.63. The minimum absolute atomic E-state index is 0.102. The molecule has 0 fully saturated rings. The van der Waals surface area contributed by atoms with Crippen LogP contribution in [0.2, 0.25) is 0 Å². The molecule has 0 aliphatic rings. The number of esters is 1. The number of methoxy groups -OCH3 is 2. The van der Waals surface area contributed by atoms with Crippen molar-refractivity contribution in [2.24, 2.45) is 0 Å². The molecule has 0 saturated carbocycles. The molecule has 4 heteroatoms. The zero-order chi connectivity index (χ0) is 12.6. The SMILES string of the molecule is COC(=O)CCCNC(C)CC(C)(C)OC. The van der Waals surface area contributed by atoms with Gasteiger partial charge in [-0.05, 0) is 40.2 Å². The molecule has 0 heterocycles. The average molecular weight is 231 g/mol. The van der Waals surface area contributed by atoms with Gasteiger partial charge >= 0.3 is 5.97 Å². The van der Waals surface area contributed by atoms with Crippen molar-refractivity contribution >= 4 is 5.97 Å². The zero-order valence-corrected chi connectivity index (χ0v) is 11.1. The Morgan fingerprint density at radius 2 is 2.00 bits per heavy atom. The van der Waals surface area contributed by atoms with Gasteiger partial charge in [0.2, 0.25) is 0 Å². The molecule has 0 spiro atoms. The van der Waals surface area contributed by atoms with Crippen LogP contribution in [0.3, 0.4) is 0 Å². The Kier molecular flexibility index (Phi) is 7.34. The van der Waals surface area contributed by atoms with Crippen LogP contribution in [0, 0.1) is 0 Å². The highest BCUT2D eigenvalue weighted by Crippen LogP contribution is 2.15. The van der Waals surface area contributed by atoms with Crippen molar-refractivity contribution in [3.8, 4) is 0 Å². The highest BCUT2D eigenvalue weighted by atomic mass is 16.5. The molecular formula is C12H25NO3. The number of carbonyl (C=O) groups excluding carboxylic acids is 1. The van der Waals surface area contributed by atoms with Crippen LogP contribution >= 0.6 is 0 Å². The third-order valence-corrected chi connectivity index (χ3v) is 2.63. The summed E-state index contributed by atoms with van der Waals surface area (Å²) in [5, 5.41) is 3.36. The molecular weight excluding hydrogens is 206 g/mol. The molecule has 1 unspecified atom stereocenters. The monoisotopic (exact) mass is 231 g/mol. The van der Waals surface area contributed by atoms with Gasteiger partial charge in [0.1, 0.15) is 0 Å². The number of rotatable bonds is 8. The summed E-state index contributed by atoms with van der Waals surface area (Å²) in [4.78, 5) is 10.9. The van der Waals surface area contributed by atoms with Crippen molar-refractivity contribution < 1.29 is 14.3 Å². The lowest BCUT2D eigenvalue weighted by Crippen LogP contribution is -2.36. The predicted molar refractivity (Wildman–Crippen MR) is 64.4 cm³/mol. The summed E-state index contributed by atoms with van der Waals surface area (Å²) in [5.74, 6) is -0.147. The molecule has 1 N–H and O–H groups in total. The Morgan fingerprint density at radius 3 is 2.50 bits per heavy atom. The Hall–Kier alpha value is -0.610. The smallest absolute Gasteiger partial charge is 0.305 e. The molecule has 96 valence electrons. The van der Waals surface area contributed by atoms with Crippen LogP contribution in [-0.4, -0.2) is 38.4 Å². The molecule has 16 heavy (non-hydrogen) atoms. The van der Waals surface area contributed by atoms with Crippen LogP contribution in [-0.2, 0) is 14.3 Å². The van der Waals surface area contributed by atoms with E-state index in [0.717, 1.165) is 19.4 Å². The lowest BCUT2D eigenvalue weighted by molar-refractivity contribution is -0.140. The van der Waals surface area contributed by atoms with Crippen LogP contribution in [0.1, 0.15) is 40.0 Å². The maximum Gasteiger partial charge on any atom is 0.305 e. The Labute approximate surface area is 98.7 Å². The highest BCUT2D eigenvalue weighted by molar-refractivity contribution is 5.69. The fourth-order valence-electron chi connectivity index (χ4n) is 1.58. The topological polar surface area (TPSA) is 47.6 Å². The van der Waals surface area contributed by atoms with Crippen LogP contribution in [0.5, 0.6) is 0 Å². The van der Waals surface area contributed by atoms with Gasteiger partial charge in [0.25, 0.3) is 0 Å². The summed E-state index contributed by atoms with van der Waals surface area (Å²) in [6.07, 6.45) is 2.23. The van der Waals surface area contributed by atoms with Crippen molar-refractivity contribution in [2.75, 3.05) is 20.8 Å². The third-order valence-electron chi connectivity index (χ3n) is 2.63. The molecule has 0 aromatic rings. The summed E-state index contributed by atoms with van der Waals surface area (Å²) in [7, 11) is 3.14. The van der Waals surface area contributed by atoms with Gasteiger partial charge in [-0.2, -0.15) is 0 Å². The van der Waals surface area contributed by atoms with Crippen molar-refractivity contribution in [2.45, 2.75) is 51.7 Å². The van der Waals surface area contributed by atoms with E-state index in [2.05, 4.69) is 30.8 Å². The molecule has 0 saturated heterocycles. The molecule has 0 bridgehead atoms. The number of nitrogens with one attached hydrogen (secondary N) is 1. The van der Waals surface area contributed by atoms with Gasteiger partial charge in [-0.1, -0.05) is 0 Å². The molecule has 0 amide bonds. The molecule has 0 aromatic heterocycles. The summed E-state index contributed by atoms with van der Waals surface area (Å²) in [5.41, 5.74) is -0.102. The molecule has 0 aromatic carbocycles. The number of ether oxygens (including phenoxy) is 2. The van der Waals surface area contributed by atoms with Crippen molar-refractivity contribution in [1.29, 1.82) is 0 Å². The second-order valence-electron chi connectivity index (χ2n) is 4.70. The lowest BCUT2D eigenvalue weighted by atomic mass is 10.00. The summed E-state index contributed by atoms with van der Waals surface area (Å²) in [6.45, 7) is 7.09. The van der Waals surface area contributed by atoms with Crippen molar-refractivity contribution in [3.05, 3.63) is 0 Å². The molecule has 0 rings (SSSR count). The first-order chi connectivity index (χ1) is 7.41. The molecule has 0 aliphatic heterocycles. The first-order valence-electron chi connectivity index (χ1n) is 5.76. The van der Waals surface area contributed by atoms with Crippen LogP contribution in [0.25, 0.3) is 0 Å². The summed E-state index contributed by atoms with van der Waals surface area (Å²) >= 11 is 0. The van der Waals surface area contributed by atoms with E-state index in [9.17, 15) is 4.79 Å². The predicted octanol–water partition coefficient (Wildman–Crippen LogP) is 1.73. The van der Waals surface area contributed by atoms with Gasteiger partial charge < -0.3 is 14.8 Å². The maximum atomic E-state index is 10.9. The minimum Gasteiger partial charge on any atom is -0.469 e. The maximum absolute atomic E-state index is 10.9. The Balaban J connectivity index is 3.58. The lowest BCUT2D eigenvalue weighted by Gasteiger charge is -2.27. The summed E-state index contributed by atoms with van der Waals surface area (Å²) < 4.78 is 9.92. The second-order valence-corrected chi connectivity index (χ2v) is 4.70. The van der Waals surface area contributed by atoms with Gasteiger partial charge in [0.15, 0.2) is 0 Å². The standard InChI is InChI=1S/C12H25NO3/c1-10(9-12(2,3)16-5)13-8-6-7-11(14)15-4/h10,13H,6-9H2,1-5H3. The van der Waals surface area contributed by atoms with Crippen LogP contribution < -0.4 is 5.32 Å². The molecule has 4 nitrogen and oxygen atoms in total. The molecule has 0 radical (unpaired) electrons. The minimum atomic E-state index is -0.147. The van der Waals surface area contributed by atoms with Crippen LogP contribution in [0.15, 0.2) is 0 Å². The van der Waals surface area contributed by atoms with E-state index in [1.54, 1.807) is 7.11 Å². The zero-order valence-electron chi connectivity index (χ0n) is 11.1. The first kappa shape index (κ1) is 15.4. The van der Waals surface area contributed by atoms with E-state index < -0.39 is 0 Å². The quantitative estimate of drug-likeness (QED) is 0.510. The van der Waals surface area contributed by atoms with E-state index in [1.807, 2.05) is 0 Å². The summed E-state index contributed by atoms with van der Waals surface area (Å²) in [6, 6.07) is 0.382. The van der Waals surface area contributed by atoms with E-state index in [4.69, 9.17) is 4.74 Å². The normalized spacial score (nSPS) is 13.6. The van der Waals surface area contributed by atoms with Crippen LogP contribution in [0.4, 0.5) is 0 Å². The number of hydrogen-bond acceptors (Lipinski definition) is 4. The third kappa shape index (κ3) is 7.65. The fourth-order valence-corrected chi connectivity index (χ4v) is 1.58. The Bertz CT molecular complexity index is 204. The van der Waals surface area contributed by atoms with Gasteiger partial charge in [-0.25, -0.2) is 0 Å². The van der Waals surface area contributed by atoms with Gasteiger partial charge in [-0.3, -0.25) is 4.79 Å². The number of hydrogen-bond donors (Lipinski definition) is 1. The van der Waals surface area contributed by atoms with E-state index in [1.165, 1.54) is 7.11 Å². The highest BCUT2D eigenvalue weighted by Gasteiger charge is 2.19. The Morgan fingerprint density at radius 1 is 1.38 bits per heavy atom. The van der Waals surface area contributed by atoms with Gasteiger partial charge in [0, 0.05) is 19.6 Å². The van der Waals surface area contributed by atoms with Gasteiger partial charge in [0.05, 0.1) is 12.7 Å². The fraction of sp³-hybridized carbons (Fsp3) is 0.917. The van der Waals surface area contributed by atoms with E-state index in [-0.39, 0.29) is 11.6 Å².